The van der Waals surface area contributed by atoms with E-state index in [1.165, 1.54) is 4.90 Å². The van der Waals surface area contributed by atoms with Gasteiger partial charge in [-0.2, -0.15) is 0 Å². The third kappa shape index (κ3) is 4.62. The first-order valence-electron chi connectivity index (χ1n) is 10.2. The van der Waals surface area contributed by atoms with Crippen molar-refractivity contribution in [3.05, 3.63) is 65.7 Å². The number of hydrogen-bond donors (Lipinski definition) is 1. The standard InChI is InChI=1S/C23H25N3O4/c27-21(25-13-12-19(15-25)26-22(28)14-24-23(26)29)11-8-17-6-9-20(10-7-17)30-16-18-4-2-1-3-5-18/h1-7,9-10,19H,8,11-16H2,(H,24,29). The largest absolute Gasteiger partial charge is 0.489 e. The third-order valence-corrected chi connectivity index (χ3v) is 5.56. The highest BCUT2D eigenvalue weighted by Crippen LogP contribution is 2.20. The van der Waals surface area contributed by atoms with Gasteiger partial charge in [-0.05, 0) is 36.1 Å². The Morgan fingerprint density at radius 2 is 1.80 bits per heavy atom. The average Bonchev–Trinajstić information content (AvgIpc) is 3.38. The molecule has 2 heterocycles. The first-order valence-corrected chi connectivity index (χ1v) is 10.2. The van der Waals surface area contributed by atoms with Crippen LogP contribution in [0.15, 0.2) is 54.6 Å². The Morgan fingerprint density at radius 1 is 1.03 bits per heavy atom. The molecular weight excluding hydrogens is 382 g/mol. The summed E-state index contributed by atoms with van der Waals surface area (Å²) >= 11 is 0. The number of likely N-dealkylation sites (tertiary alicyclic amines) is 1. The number of benzene rings is 2. The van der Waals surface area contributed by atoms with Crippen molar-refractivity contribution in [1.29, 1.82) is 0 Å². The van der Waals surface area contributed by atoms with E-state index in [2.05, 4.69) is 5.32 Å². The zero-order chi connectivity index (χ0) is 20.9. The van der Waals surface area contributed by atoms with Crippen LogP contribution in [0.5, 0.6) is 5.75 Å². The van der Waals surface area contributed by atoms with Crippen LogP contribution in [0.25, 0.3) is 0 Å². The van der Waals surface area contributed by atoms with Gasteiger partial charge in [-0.25, -0.2) is 4.79 Å². The fourth-order valence-corrected chi connectivity index (χ4v) is 3.89. The van der Waals surface area contributed by atoms with E-state index in [1.54, 1.807) is 4.90 Å². The molecule has 2 aliphatic rings. The van der Waals surface area contributed by atoms with Crippen LogP contribution in [0, 0.1) is 0 Å². The molecule has 1 N–H and O–H groups in total. The number of ether oxygens (including phenoxy) is 1. The highest BCUT2D eigenvalue weighted by molar-refractivity contribution is 6.02. The highest BCUT2D eigenvalue weighted by atomic mass is 16.5. The number of aryl methyl sites for hydroxylation is 1. The molecule has 0 aromatic heterocycles. The smallest absolute Gasteiger partial charge is 0.324 e. The Balaban J connectivity index is 1.23. The molecule has 156 valence electrons. The van der Waals surface area contributed by atoms with Gasteiger partial charge in [-0.1, -0.05) is 42.5 Å². The molecule has 0 saturated carbocycles. The predicted octanol–water partition coefficient (Wildman–Crippen LogP) is 2.35. The van der Waals surface area contributed by atoms with Crippen LogP contribution in [0.4, 0.5) is 4.79 Å². The van der Waals surface area contributed by atoms with E-state index in [0.29, 0.717) is 39.0 Å². The Kier molecular flexibility index (Phi) is 5.97. The quantitative estimate of drug-likeness (QED) is 0.715. The van der Waals surface area contributed by atoms with E-state index >= 15 is 0 Å². The summed E-state index contributed by atoms with van der Waals surface area (Å²) < 4.78 is 5.79. The molecule has 7 nitrogen and oxygen atoms in total. The zero-order valence-electron chi connectivity index (χ0n) is 16.8. The summed E-state index contributed by atoms with van der Waals surface area (Å²) in [5, 5.41) is 2.53. The minimum atomic E-state index is -0.353. The van der Waals surface area contributed by atoms with Gasteiger partial charge in [-0.15, -0.1) is 0 Å². The molecule has 2 saturated heterocycles. The predicted molar refractivity (Wildman–Crippen MR) is 111 cm³/mol. The Morgan fingerprint density at radius 3 is 2.50 bits per heavy atom. The zero-order valence-corrected chi connectivity index (χ0v) is 16.8. The fraction of sp³-hybridized carbons (Fsp3) is 0.348. The normalized spacial score (nSPS) is 18.6. The molecule has 2 aromatic rings. The van der Waals surface area contributed by atoms with Crippen LogP contribution in [0.3, 0.4) is 0 Å². The maximum Gasteiger partial charge on any atom is 0.324 e. The van der Waals surface area contributed by atoms with Crippen molar-refractivity contribution >= 4 is 17.8 Å². The Labute approximate surface area is 175 Å². The van der Waals surface area contributed by atoms with Crippen LogP contribution in [0.2, 0.25) is 0 Å². The monoisotopic (exact) mass is 407 g/mol. The van der Waals surface area contributed by atoms with Crippen molar-refractivity contribution in [3.63, 3.8) is 0 Å². The van der Waals surface area contributed by atoms with Gasteiger partial charge in [0.25, 0.3) is 0 Å². The molecule has 2 aliphatic heterocycles. The van der Waals surface area contributed by atoms with E-state index < -0.39 is 0 Å². The number of carbonyl (C=O) groups excluding carboxylic acids is 3. The number of nitrogens with one attached hydrogen (secondary N) is 1. The lowest BCUT2D eigenvalue weighted by Crippen LogP contribution is -2.42. The van der Waals surface area contributed by atoms with Gasteiger partial charge in [0, 0.05) is 19.5 Å². The molecule has 0 aliphatic carbocycles. The minimum absolute atomic E-state index is 0.0499. The van der Waals surface area contributed by atoms with Crippen molar-refractivity contribution in [2.75, 3.05) is 19.6 Å². The molecule has 30 heavy (non-hydrogen) atoms. The summed E-state index contributed by atoms with van der Waals surface area (Å²) in [5.74, 6) is 0.632. The second kappa shape index (κ2) is 8.98. The van der Waals surface area contributed by atoms with Crippen molar-refractivity contribution in [2.45, 2.75) is 31.9 Å². The topological polar surface area (TPSA) is 79.0 Å². The van der Waals surface area contributed by atoms with E-state index in [9.17, 15) is 14.4 Å². The van der Waals surface area contributed by atoms with Crippen LogP contribution in [0.1, 0.15) is 24.0 Å². The van der Waals surface area contributed by atoms with Crippen LogP contribution >= 0.6 is 0 Å². The minimum Gasteiger partial charge on any atom is -0.489 e. The number of imide groups is 1. The summed E-state index contributed by atoms with van der Waals surface area (Å²) in [5.41, 5.74) is 2.18. The van der Waals surface area contributed by atoms with Crippen molar-refractivity contribution < 1.29 is 19.1 Å². The average molecular weight is 407 g/mol. The maximum atomic E-state index is 12.6. The van der Waals surface area contributed by atoms with Gasteiger partial charge < -0.3 is 15.0 Å². The summed E-state index contributed by atoms with van der Waals surface area (Å²) in [7, 11) is 0. The third-order valence-electron chi connectivity index (χ3n) is 5.56. The van der Waals surface area contributed by atoms with E-state index in [4.69, 9.17) is 4.74 Å². The number of hydrogen-bond acceptors (Lipinski definition) is 4. The number of nitrogens with zero attached hydrogens (tertiary/aromatic N) is 2. The summed E-state index contributed by atoms with van der Waals surface area (Å²) in [6.45, 7) is 1.57. The first kappa shape index (κ1) is 19.9. The number of urea groups is 1. The van der Waals surface area contributed by atoms with Gasteiger partial charge in [-0.3, -0.25) is 14.5 Å². The first-order chi connectivity index (χ1) is 14.6. The number of rotatable bonds is 7. The second-order valence-corrected chi connectivity index (χ2v) is 7.62. The lowest BCUT2D eigenvalue weighted by molar-refractivity contribution is -0.131. The molecule has 1 unspecified atom stereocenters. The van der Waals surface area contributed by atoms with Gasteiger partial charge in [0.2, 0.25) is 11.8 Å². The number of carbonyl (C=O) groups is 3. The molecule has 2 aromatic carbocycles. The molecule has 0 radical (unpaired) electrons. The summed E-state index contributed by atoms with van der Waals surface area (Å²) in [4.78, 5) is 39.2. The van der Waals surface area contributed by atoms with Gasteiger partial charge in [0.1, 0.15) is 12.4 Å². The SMILES string of the molecule is O=C(CCc1ccc(OCc2ccccc2)cc1)N1CCC(N2C(=O)CNC2=O)C1. The number of amides is 4. The van der Waals surface area contributed by atoms with Crippen molar-refractivity contribution in [2.24, 2.45) is 0 Å². The molecule has 1 atom stereocenters. The molecule has 0 bridgehead atoms. The molecule has 7 heteroatoms. The van der Waals surface area contributed by atoms with Gasteiger partial charge in [0.05, 0.1) is 12.6 Å². The molecule has 0 spiro atoms. The van der Waals surface area contributed by atoms with Crippen LogP contribution in [-0.4, -0.2) is 53.3 Å². The van der Waals surface area contributed by atoms with Gasteiger partial charge in [0.15, 0.2) is 0 Å². The molecule has 4 amide bonds. The lowest BCUT2D eigenvalue weighted by Gasteiger charge is -2.21. The summed E-state index contributed by atoms with van der Waals surface area (Å²) in [6, 6.07) is 17.2. The van der Waals surface area contributed by atoms with E-state index in [0.717, 1.165) is 16.9 Å². The van der Waals surface area contributed by atoms with E-state index in [-0.39, 0.29) is 30.4 Å². The van der Waals surface area contributed by atoms with Crippen LogP contribution < -0.4 is 10.1 Å². The molecule has 2 fully saturated rings. The highest BCUT2D eigenvalue weighted by Gasteiger charge is 2.39. The van der Waals surface area contributed by atoms with Gasteiger partial charge >= 0.3 is 6.03 Å². The molecule has 4 rings (SSSR count). The Hall–Kier alpha value is -3.35. The lowest BCUT2D eigenvalue weighted by atomic mass is 10.1. The van der Waals surface area contributed by atoms with Crippen LogP contribution in [-0.2, 0) is 22.6 Å². The van der Waals surface area contributed by atoms with Crippen molar-refractivity contribution in [1.82, 2.24) is 15.1 Å². The van der Waals surface area contributed by atoms with Crippen molar-refractivity contribution in [3.8, 4) is 5.75 Å². The summed E-state index contributed by atoms with van der Waals surface area (Å²) in [6.07, 6.45) is 1.68. The van der Waals surface area contributed by atoms with E-state index in [1.807, 2.05) is 54.6 Å². The fourth-order valence-electron chi connectivity index (χ4n) is 3.89. The molecular formula is C23H25N3O4. The second-order valence-electron chi connectivity index (χ2n) is 7.62. The Bertz CT molecular complexity index is 898. The maximum absolute atomic E-state index is 12.6.